The molecule has 0 saturated carbocycles. The number of hydrogen-bond donors (Lipinski definition) is 2. The highest BCUT2D eigenvalue weighted by Gasteiger charge is 2.13. The van der Waals surface area contributed by atoms with Crippen LogP contribution in [0.3, 0.4) is 0 Å². The molecular formula is C14H19N3. The maximum atomic E-state index is 4.32. The summed E-state index contributed by atoms with van der Waals surface area (Å²) < 4.78 is 0. The summed E-state index contributed by atoms with van der Waals surface area (Å²) in [6.07, 6.45) is 4.61. The van der Waals surface area contributed by atoms with Crippen molar-refractivity contribution in [3.05, 3.63) is 53.1 Å². The van der Waals surface area contributed by atoms with Crippen molar-refractivity contribution >= 4 is 0 Å². The van der Waals surface area contributed by atoms with E-state index in [1.807, 2.05) is 13.2 Å². The molecule has 0 aliphatic heterocycles. The van der Waals surface area contributed by atoms with Gasteiger partial charge >= 0.3 is 0 Å². The SMILES string of the molecule is CNC(Cc1cc(C)ccc1C)c1ncc[nH]1. The number of rotatable bonds is 4. The van der Waals surface area contributed by atoms with E-state index >= 15 is 0 Å². The lowest BCUT2D eigenvalue weighted by Gasteiger charge is -2.15. The molecule has 1 aromatic carbocycles. The van der Waals surface area contributed by atoms with Crippen LogP contribution in [0.5, 0.6) is 0 Å². The molecule has 0 saturated heterocycles. The second-order valence-corrected chi connectivity index (χ2v) is 4.45. The smallest absolute Gasteiger partial charge is 0.123 e. The highest BCUT2D eigenvalue weighted by Crippen LogP contribution is 2.18. The van der Waals surface area contributed by atoms with Gasteiger partial charge in [-0.15, -0.1) is 0 Å². The molecule has 0 bridgehead atoms. The summed E-state index contributed by atoms with van der Waals surface area (Å²) in [5.41, 5.74) is 4.02. The van der Waals surface area contributed by atoms with Gasteiger partial charge in [0.05, 0.1) is 6.04 Å². The van der Waals surface area contributed by atoms with Crippen molar-refractivity contribution in [2.75, 3.05) is 7.05 Å². The van der Waals surface area contributed by atoms with E-state index in [1.54, 1.807) is 6.20 Å². The molecule has 17 heavy (non-hydrogen) atoms. The van der Waals surface area contributed by atoms with Crippen LogP contribution in [0.4, 0.5) is 0 Å². The maximum Gasteiger partial charge on any atom is 0.123 e. The molecule has 0 amide bonds. The number of aryl methyl sites for hydroxylation is 2. The van der Waals surface area contributed by atoms with Crippen LogP contribution in [0.15, 0.2) is 30.6 Å². The maximum absolute atomic E-state index is 4.32. The summed E-state index contributed by atoms with van der Waals surface area (Å²) in [7, 11) is 1.97. The monoisotopic (exact) mass is 229 g/mol. The summed E-state index contributed by atoms with van der Waals surface area (Å²) in [6.45, 7) is 4.29. The first-order valence-electron chi connectivity index (χ1n) is 5.93. The largest absolute Gasteiger partial charge is 0.347 e. The molecule has 3 nitrogen and oxygen atoms in total. The van der Waals surface area contributed by atoms with E-state index in [9.17, 15) is 0 Å². The van der Waals surface area contributed by atoms with Gasteiger partial charge in [-0.2, -0.15) is 0 Å². The van der Waals surface area contributed by atoms with Gasteiger partial charge < -0.3 is 10.3 Å². The highest BCUT2D eigenvalue weighted by atomic mass is 15.0. The van der Waals surface area contributed by atoms with Crippen LogP contribution < -0.4 is 5.32 Å². The molecule has 0 aliphatic carbocycles. The fourth-order valence-corrected chi connectivity index (χ4v) is 2.04. The number of benzene rings is 1. The lowest BCUT2D eigenvalue weighted by molar-refractivity contribution is 0.562. The standard InChI is InChI=1S/C14H19N3/c1-10-4-5-11(2)12(8-10)9-13(15-3)14-16-6-7-17-14/h4-8,13,15H,9H2,1-3H3,(H,16,17). The lowest BCUT2D eigenvalue weighted by Crippen LogP contribution is -2.20. The van der Waals surface area contributed by atoms with Gasteiger partial charge in [0.25, 0.3) is 0 Å². The molecule has 0 fully saturated rings. The van der Waals surface area contributed by atoms with Crippen LogP contribution in [-0.2, 0) is 6.42 Å². The van der Waals surface area contributed by atoms with Gasteiger partial charge in [0, 0.05) is 12.4 Å². The Morgan fingerprint density at radius 1 is 1.35 bits per heavy atom. The number of aromatic nitrogens is 2. The topological polar surface area (TPSA) is 40.7 Å². The van der Waals surface area contributed by atoms with Gasteiger partial charge in [0.15, 0.2) is 0 Å². The third-order valence-corrected chi connectivity index (χ3v) is 3.13. The Hall–Kier alpha value is -1.61. The number of nitrogens with one attached hydrogen (secondary N) is 2. The van der Waals surface area contributed by atoms with E-state index in [0.29, 0.717) is 0 Å². The molecular weight excluding hydrogens is 210 g/mol. The van der Waals surface area contributed by atoms with Crippen molar-refractivity contribution in [1.82, 2.24) is 15.3 Å². The van der Waals surface area contributed by atoms with E-state index in [4.69, 9.17) is 0 Å². The van der Waals surface area contributed by atoms with E-state index in [1.165, 1.54) is 16.7 Å². The first-order chi connectivity index (χ1) is 8.20. The van der Waals surface area contributed by atoms with E-state index < -0.39 is 0 Å². The number of nitrogens with zero attached hydrogens (tertiary/aromatic N) is 1. The minimum absolute atomic E-state index is 0.241. The second kappa shape index (κ2) is 5.15. The first kappa shape index (κ1) is 11.9. The van der Waals surface area contributed by atoms with E-state index in [0.717, 1.165) is 12.2 Å². The van der Waals surface area contributed by atoms with Crippen molar-refractivity contribution in [3.8, 4) is 0 Å². The molecule has 1 atom stereocenters. The van der Waals surface area contributed by atoms with Crippen LogP contribution in [0.25, 0.3) is 0 Å². The van der Waals surface area contributed by atoms with Gasteiger partial charge in [0.1, 0.15) is 5.82 Å². The normalized spacial score (nSPS) is 12.6. The Morgan fingerprint density at radius 2 is 2.18 bits per heavy atom. The molecule has 1 aromatic heterocycles. The quantitative estimate of drug-likeness (QED) is 0.845. The summed E-state index contributed by atoms with van der Waals surface area (Å²) in [4.78, 5) is 7.49. The zero-order valence-corrected chi connectivity index (χ0v) is 10.6. The van der Waals surface area contributed by atoms with E-state index in [-0.39, 0.29) is 6.04 Å². The first-order valence-corrected chi connectivity index (χ1v) is 5.93. The summed E-state index contributed by atoms with van der Waals surface area (Å²) in [5, 5.41) is 3.31. The van der Waals surface area contributed by atoms with Crippen molar-refractivity contribution in [2.24, 2.45) is 0 Å². The number of hydrogen-bond acceptors (Lipinski definition) is 2. The third-order valence-electron chi connectivity index (χ3n) is 3.13. The Labute approximate surface area is 102 Å². The molecule has 1 heterocycles. The van der Waals surface area contributed by atoms with Gasteiger partial charge in [-0.3, -0.25) is 0 Å². The van der Waals surface area contributed by atoms with Crippen LogP contribution >= 0.6 is 0 Å². The van der Waals surface area contributed by atoms with Gasteiger partial charge in [0.2, 0.25) is 0 Å². The number of aromatic amines is 1. The van der Waals surface area contributed by atoms with Gasteiger partial charge in [-0.1, -0.05) is 23.8 Å². The molecule has 3 heteroatoms. The van der Waals surface area contributed by atoms with Crippen molar-refractivity contribution in [1.29, 1.82) is 0 Å². The average Bonchev–Trinajstić information content (AvgIpc) is 2.84. The molecule has 2 rings (SSSR count). The Bertz CT molecular complexity index is 474. The molecule has 0 aliphatic rings. The Kier molecular flexibility index (Phi) is 3.59. The minimum atomic E-state index is 0.241. The average molecular weight is 229 g/mol. The van der Waals surface area contributed by atoms with E-state index in [2.05, 4.69) is 47.3 Å². The molecule has 2 aromatic rings. The van der Waals surface area contributed by atoms with Gasteiger partial charge in [-0.25, -0.2) is 4.98 Å². The number of likely N-dealkylation sites (N-methyl/N-ethyl adjacent to an activating group) is 1. The van der Waals surface area contributed by atoms with Crippen LogP contribution in [0, 0.1) is 13.8 Å². The second-order valence-electron chi connectivity index (χ2n) is 4.45. The zero-order chi connectivity index (χ0) is 12.3. The fraction of sp³-hybridized carbons (Fsp3) is 0.357. The minimum Gasteiger partial charge on any atom is -0.347 e. The predicted octanol–water partition coefficient (Wildman–Crippen LogP) is 2.53. The third kappa shape index (κ3) is 2.74. The van der Waals surface area contributed by atoms with Crippen LogP contribution in [0.2, 0.25) is 0 Å². The summed E-state index contributed by atoms with van der Waals surface area (Å²) in [5.74, 6) is 0.994. The predicted molar refractivity (Wildman–Crippen MR) is 70.0 cm³/mol. The zero-order valence-electron chi connectivity index (χ0n) is 10.6. The molecule has 0 spiro atoms. The van der Waals surface area contributed by atoms with Crippen LogP contribution in [-0.4, -0.2) is 17.0 Å². The van der Waals surface area contributed by atoms with Crippen molar-refractivity contribution in [2.45, 2.75) is 26.3 Å². The Morgan fingerprint density at radius 3 is 2.82 bits per heavy atom. The lowest BCUT2D eigenvalue weighted by atomic mass is 9.99. The summed E-state index contributed by atoms with van der Waals surface area (Å²) in [6, 6.07) is 6.83. The van der Waals surface area contributed by atoms with Crippen molar-refractivity contribution in [3.63, 3.8) is 0 Å². The van der Waals surface area contributed by atoms with Crippen LogP contribution in [0.1, 0.15) is 28.6 Å². The number of H-pyrrole nitrogens is 1. The molecule has 0 radical (unpaired) electrons. The number of imidazole rings is 1. The van der Waals surface area contributed by atoms with Gasteiger partial charge in [-0.05, 0) is 38.4 Å². The fourth-order valence-electron chi connectivity index (χ4n) is 2.04. The highest BCUT2D eigenvalue weighted by molar-refractivity contribution is 5.31. The summed E-state index contributed by atoms with van der Waals surface area (Å²) >= 11 is 0. The Balaban J connectivity index is 2.21. The molecule has 90 valence electrons. The molecule has 2 N–H and O–H groups in total. The molecule has 1 unspecified atom stereocenters. The van der Waals surface area contributed by atoms with Crippen molar-refractivity contribution < 1.29 is 0 Å².